The van der Waals surface area contributed by atoms with Crippen LogP contribution in [-0.2, 0) is 24.1 Å². The number of imidazole rings is 1. The van der Waals surface area contributed by atoms with E-state index in [0.717, 1.165) is 43.9 Å². The van der Waals surface area contributed by atoms with Crippen molar-refractivity contribution >= 4 is 0 Å². The average molecular weight is 210 g/mol. The van der Waals surface area contributed by atoms with Crippen LogP contribution in [0.1, 0.15) is 17.9 Å². The first kappa shape index (κ1) is 10.6. The van der Waals surface area contributed by atoms with Gasteiger partial charge in [0.15, 0.2) is 0 Å². The van der Waals surface area contributed by atoms with Crippen molar-refractivity contribution < 1.29 is 9.84 Å². The molecule has 0 saturated heterocycles. The summed E-state index contributed by atoms with van der Waals surface area (Å²) in [6.07, 6.45) is 5.01. The third-order valence-electron chi connectivity index (χ3n) is 2.96. The van der Waals surface area contributed by atoms with Crippen molar-refractivity contribution in [3.05, 3.63) is 17.7 Å². The molecule has 0 aromatic carbocycles. The number of hydrogen-bond acceptors (Lipinski definition) is 3. The number of methoxy groups -OCH3 is 1. The van der Waals surface area contributed by atoms with E-state index in [4.69, 9.17) is 9.84 Å². The molecule has 0 saturated carbocycles. The summed E-state index contributed by atoms with van der Waals surface area (Å²) in [5.74, 6) is 1.56. The molecule has 1 atom stereocenters. The van der Waals surface area contributed by atoms with Crippen molar-refractivity contribution in [1.29, 1.82) is 0 Å². The number of rotatable bonds is 4. The van der Waals surface area contributed by atoms with E-state index in [9.17, 15) is 0 Å². The first-order valence-electron chi connectivity index (χ1n) is 5.48. The van der Waals surface area contributed by atoms with Crippen molar-refractivity contribution in [2.45, 2.75) is 25.8 Å². The third kappa shape index (κ3) is 2.38. The van der Waals surface area contributed by atoms with Crippen molar-refractivity contribution in [1.82, 2.24) is 9.55 Å². The van der Waals surface area contributed by atoms with Crippen LogP contribution in [0.5, 0.6) is 0 Å². The number of ether oxygens (including phenoxy) is 1. The van der Waals surface area contributed by atoms with Gasteiger partial charge < -0.3 is 14.4 Å². The molecular formula is C11H18N2O2. The van der Waals surface area contributed by atoms with E-state index >= 15 is 0 Å². The molecule has 84 valence electrons. The molecule has 0 spiro atoms. The van der Waals surface area contributed by atoms with Crippen molar-refractivity contribution in [3.63, 3.8) is 0 Å². The third-order valence-corrected chi connectivity index (χ3v) is 2.96. The highest BCUT2D eigenvalue weighted by Gasteiger charge is 2.19. The summed E-state index contributed by atoms with van der Waals surface area (Å²) in [5, 5.41) is 9.11. The smallest absolute Gasteiger partial charge is 0.108 e. The summed E-state index contributed by atoms with van der Waals surface area (Å²) in [7, 11) is 1.71. The van der Waals surface area contributed by atoms with Crippen molar-refractivity contribution in [3.8, 4) is 0 Å². The number of aliphatic hydroxyl groups excluding tert-OH is 1. The zero-order valence-electron chi connectivity index (χ0n) is 9.15. The Morgan fingerprint density at radius 3 is 3.27 bits per heavy atom. The summed E-state index contributed by atoms with van der Waals surface area (Å²) < 4.78 is 7.21. The SMILES string of the molecule is COCCc1cn2c(n1)CCC(CO)C2. The maximum absolute atomic E-state index is 9.11. The van der Waals surface area contributed by atoms with E-state index in [1.165, 1.54) is 0 Å². The Hall–Kier alpha value is -0.870. The first-order valence-corrected chi connectivity index (χ1v) is 5.48. The van der Waals surface area contributed by atoms with Crippen molar-refractivity contribution in [2.75, 3.05) is 20.3 Å². The van der Waals surface area contributed by atoms with Gasteiger partial charge in [0.05, 0.1) is 12.3 Å². The maximum Gasteiger partial charge on any atom is 0.108 e. The Balaban J connectivity index is 2.04. The topological polar surface area (TPSA) is 47.3 Å². The average Bonchev–Trinajstić information content (AvgIpc) is 2.67. The molecular weight excluding hydrogens is 192 g/mol. The van der Waals surface area contributed by atoms with Crippen LogP contribution in [0.4, 0.5) is 0 Å². The maximum atomic E-state index is 9.11. The minimum atomic E-state index is 0.283. The Labute approximate surface area is 89.9 Å². The fraction of sp³-hybridized carbons (Fsp3) is 0.727. The number of aliphatic hydroxyl groups is 1. The molecule has 4 heteroatoms. The highest BCUT2D eigenvalue weighted by atomic mass is 16.5. The van der Waals surface area contributed by atoms with Gasteiger partial charge in [0, 0.05) is 45.2 Å². The van der Waals surface area contributed by atoms with E-state index in [-0.39, 0.29) is 6.61 Å². The van der Waals surface area contributed by atoms with Crippen LogP contribution in [0.25, 0.3) is 0 Å². The molecule has 2 rings (SSSR count). The molecule has 1 N–H and O–H groups in total. The lowest BCUT2D eigenvalue weighted by atomic mass is 10.0. The minimum Gasteiger partial charge on any atom is -0.396 e. The van der Waals surface area contributed by atoms with Gasteiger partial charge in [-0.2, -0.15) is 0 Å². The summed E-state index contributed by atoms with van der Waals surface area (Å²) >= 11 is 0. The van der Waals surface area contributed by atoms with Crippen LogP contribution < -0.4 is 0 Å². The number of hydrogen-bond donors (Lipinski definition) is 1. The zero-order valence-corrected chi connectivity index (χ0v) is 9.15. The van der Waals surface area contributed by atoms with Crippen molar-refractivity contribution in [2.24, 2.45) is 5.92 Å². The summed E-state index contributed by atoms with van der Waals surface area (Å²) in [5.41, 5.74) is 1.10. The molecule has 0 aliphatic carbocycles. The van der Waals surface area contributed by atoms with E-state index in [1.807, 2.05) is 0 Å². The second-order valence-electron chi connectivity index (χ2n) is 4.13. The van der Waals surface area contributed by atoms with Crippen LogP contribution in [0.3, 0.4) is 0 Å². The van der Waals surface area contributed by atoms with Crippen LogP contribution in [0, 0.1) is 5.92 Å². The molecule has 0 bridgehead atoms. The molecule has 1 aliphatic rings. The standard InChI is InChI=1S/C11H18N2O2/c1-15-5-4-10-7-13-6-9(8-14)2-3-11(13)12-10/h7,9,14H,2-6,8H2,1H3. The monoisotopic (exact) mass is 210 g/mol. The molecule has 2 heterocycles. The second kappa shape index (κ2) is 4.77. The van der Waals surface area contributed by atoms with Gasteiger partial charge in [0.2, 0.25) is 0 Å². The first-order chi connectivity index (χ1) is 7.33. The van der Waals surface area contributed by atoms with Crippen LogP contribution in [-0.4, -0.2) is 35.0 Å². The van der Waals surface area contributed by atoms with Gasteiger partial charge in [0.1, 0.15) is 5.82 Å². The lowest BCUT2D eigenvalue weighted by Gasteiger charge is -2.21. The molecule has 0 radical (unpaired) electrons. The number of nitrogens with zero attached hydrogens (tertiary/aromatic N) is 2. The van der Waals surface area contributed by atoms with E-state index in [1.54, 1.807) is 7.11 Å². The van der Waals surface area contributed by atoms with E-state index < -0.39 is 0 Å². The summed E-state index contributed by atoms with van der Waals surface area (Å²) in [6.45, 7) is 1.91. The second-order valence-corrected chi connectivity index (χ2v) is 4.13. The lowest BCUT2D eigenvalue weighted by molar-refractivity contribution is 0.190. The largest absolute Gasteiger partial charge is 0.396 e. The van der Waals surface area contributed by atoms with Crippen LogP contribution in [0.15, 0.2) is 6.20 Å². The van der Waals surface area contributed by atoms with Gasteiger partial charge in [-0.05, 0) is 6.42 Å². The highest BCUT2D eigenvalue weighted by Crippen LogP contribution is 2.19. The summed E-state index contributed by atoms with van der Waals surface area (Å²) in [6, 6.07) is 0. The van der Waals surface area contributed by atoms with Gasteiger partial charge in [-0.3, -0.25) is 0 Å². The number of aryl methyl sites for hydroxylation is 1. The fourth-order valence-corrected chi connectivity index (χ4v) is 2.05. The van der Waals surface area contributed by atoms with E-state index in [2.05, 4.69) is 15.7 Å². The predicted molar refractivity (Wildman–Crippen MR) is 56.7 cm³/mol. The molecule has 1 aliphatic heterocycles. The lowest BCUT2D eigenvalue weighted by Crippen LogP contribution is -2.22. The molecule has 15 heavy (non-hydrogen) atoms. The van der Waals surface area contributed by atoms with Gasteiger partial charge >= 0.3 is 0 Å². The number of fused-ring (bicyclic) bond motifs is 1. The fourth-order valence-electron chi connectivity index (χ4n) is 2.05. The van der Waals surface area contributed by atoms with Gasteiger partial charge in [-0.25, -0.2) is 4.98 Å². The molecule has 4 nitrogen and oxygen atoms in total. The molecule has 1 unspecified atom stereocenters. The Kier molecular flexibility index (Phi) is 3.38. The highest BCUT2D eigenvalue weighted by molar-refractivity contribution is 5.07. The minimum absolute atomic E-state index is 0.283. The Morgan fingerprint density at radius 2 is 2.53 bits per heavy atom. The molecule has 0 fully saturated rings. The van der Waals surface area contributed by atoms with Gasteiger partial charge in [0.25, 0.3) is 0 Å². The Bertz CT molecular complexity index is 322. The van der Waals surface area contributed by atoms with Gasteiger partial charge in [-0.1, -0.05) is 0 Å². The predicted octanol–water partition coefficient (Wildman–Crippen LogP) is 0.627. The number of aromatic nitrogens is 2. The quantitative estimate of drug-likeness (QED) is 0.792. The van der Waals surface area contributed by atoms with E-state index in [0.29, 0.717) is 5.92 Å². The normalized spacial score (nSPS) is 20.3. The molecule has 1 aromatic rings. The van der Waals surface area contributed by atoms with Gasteiger partial charge in [-0.15, -0.1) is 0 Å². The van der Waals surface area contributed by atoms with Crippen LogP contribution >= 0.6 is 0 Å². The molecule has 1 aromatic heterocycles. The summed E-state index contributed by atoms with van der Waals surface area (Å²) in [4.78, 5) is 4.56. The molecule has 0 amide bonds. The Morgan fingerprint density at radius 1 is 1.67 bits per heavy atom. The van der Waals surface area contributed by atoms with Crippen LogP contribution in [0.2, 0.25) is 0 Å². The zero-order chi connectivity index (χ0) is 10.7.